The van der Waals surface area contributed by atoms with Crippen molar-refractivity contribution in [2.75, 3.05) is 0 Å². The summed E-state index contributed by atoms with van der Waals surface area (Å²) in [5, 5.41) is 0. The number of rotatable bonds is 2. The van der Waals surface area contributed by atoms with Gasteiger partial charge in [-0.1, -0.05) is 45.0 Å². The van der Waals surface area contributed by atoms with Gasteiger partial charge in [0.15, 0.2) is 0 Å². The van der Waals surface area contributed by atoms with Crippen LogP contribution < -0.4 is 5.73 Å². The van der Waals surface area contributed by atoms with Crippen molar-refractivity contribution < 1.29 is 0 Å². The SMILES string of the molecule is Cc1ccccc1C(N)CC(C)(C)C. The van der Waals surface area contributed by atoms with Gasteiger partial charge in [0, 0.05) is 6.04 Å². The highest BCUT2D eigenvalue weighted by Gasteiger charge is 2.17. The van der Waals surface area contributed by atoms with Gasteiger partial charge in [0.1, 0.15) is 0 Å². The average Bonchev–Trinajstić information content (AvgIpc) is 2.01. The second-order valence-electron chi connectivity index (χ2n) is 5.23. The Labute approximate surface area is 87.3 Å². The first-order chi connectivity index (χ1) is 6.40. The fourth-order valence-electron chi connectivity index (χ4n) is 1.77. The zero-order valence-corrected chi connectivity index (χ0v) is 9.67. The van der Waals surface area contributed by atoms with Gasteiger partial charge in [-0.25, -0.2) is 0 Å². The zero-order chi connectivity index (χ0) is 10.8. The van der Waals surface area contributed by atoms with Crippen molar-refractivity contribution >= 4 is 0 Å². The number of hydrogen-bond donors (Lipinski definition) is 1. The minimum Gasteiger partial charge on any atom is -0.324 e. The topological polar surface area (TPSA) is 26.0 Å². The average molecular weight is 191 g/mol. The molecular weight excluding hydrogens is 170 g/mol. The maximum atomic E-state index is 6.18. The molecule has 0 heterocycles. The Morgan fingerprint density at radius 3 is 2.29 bits per heavy atom. The molecule has 0 fully saturated rings. The van der Waals surface area contributed by atoms with Crippen molar-refractivity contribution in [3.63, 3.8) is 0 Å². The molecule has 0 aliphatic carbocycles. The summed E-state index contributed by atoms with van der Waals surface area (Å²) in [4.78, 5) is 0. The Kier molecular flexibility index (Phi) is 3.33. The molecule has 1 aromatic carbocycles. The summed E-state index contributed by atoms with van der Waals surface area (Å²) in [6.07, 6.45) is 1.03. The summed E-state index contributed by atoms with van der Waals surface area (Å²) in [6, 6.07) is 8.54. The molecule has 1 atom stereocenters. The highest BCUT2D eigenvalue weighted by molar-refractivity contribution is 5.28. The van der Waals surface area contributed by atoms with Gasteiger partial charge in [-0.3, -0.25) is 0 Å². The Bertz CT molecular complexity index is 296. The molecule has 2 N–H and O–H groups in total. The van der Waals surface area contributed by atoms with E-state index in [1.54, 1.807) is 0 Å². The molecule has 1 aromatic rings. The molecule has 0 aliphatic rings. The number of nitrogens with two attached hydrogens (primary N) is 1. The molecule has 0 amide bonds. The number of hydrogen-bond acceptors (Lipinski definition) is 1. The van der Waals surface area contributed by atoms with Crippen molar-refractivity contribution in [1.82, 2.24) is 0 Å². The van der Waals surface area contributed by atoms with Gasteiger partial charge >= 0.3 is 0 Å². The summed E-state index contributed by atoms with van der Waals surface area (Å²) >= 11 is 0. The van der Waals surface area contributed by atoms with Gasteiger partial charge in [-0.2, -0.15) is 0 Å². The van der Waals surface area contributed by atoms with Crippen molar-refractivity contribution in [2.24, 2.45) is 11.1 Å². The molecule has 0 aliphatic heterocycles. The third-order valence-corrected chi connectivity index (χ3v) is 2.42. The van der Waals surface area contributed by atoms with Crippen molar-refractivity contribution in [2.45, 2.75) is 40.2 Å². The lowest BCUT2D eigenvalue weighted by molar-refractivity contribution is 0.342. The highest BCUT2D eigenvalue weighted by atomic mass is 14.6. The normalized spacial score (nSPS) is 14.1. The summed E-state index contributed by atoms with van der Waals surface area (Å²) in [5.74, 6) is 0. The van der Waals surface area contributed by atoms with Crippen molar-refractivity contribution in [1.29, 1.82) is 0 Å². The Balaban J connectivity index is 2.80. The van der Waals surface area contributed by atoms with E-state index in [9.17, 15) is 0 Å². The molecule has 0 spiro atoms. The Morgan fingerprint density at radius 1 is 1.21 bits per heavy atom. The fourth-order valence-corrected chi connectivity index (χ4v) is 1.77. The summed E-state index contributed by atoms with van der Waals surface area (Å²) in [6.45, 7) is 8.80. The quantitative estimate of drug-likeness (QED) is 0.761. The Hall–Kier alpha value is -0.820. The smallest absolute Gasteiger partial charge is 0.0302 e. The molecule has 1 unspecified atom stereocenters. The van der Waals surface area contributed by atoms with Crippen LogP contribution in [-0.4, -0.2) is 0 Å². The highest BCUT2D eigenvalue weighted by Crippen LogP contribution is 2.28. The van der Waals surface area contributed by atoms with Crippen LogP contribution >= 0.6 is 0 Å². The molecule has 0 saturated heterocycles. The van der Waals surface area contributed by atoms with Gasteiger partial charge < -0.3 is 5.73 Å². The lowest BCUT2D eigenvalue weighted by atomic mass is 9.85. The van der Waals surface area contributed by atoms with E-state index >= 15 is 0 Å². The van der Waals surface area contributed by atoms with E-state index in [-0.39, 0.29) is 6.04 Å². The van der Waals surface area contributed by atoms with Gasteiger partial charge in [0.2, 0.25) is 0 Å². The maximum Gasteiger partial charge on any atom is 0.0302 e. The van der Waals surface area contributed by atoms with E-state index in [2.05, 4.69) is 52.0 Å². The van der Waals surface area contributed by atoms with Crippen LogP contribution in [0.1, 0.15) is 44.4 Å². The molecule has 1 rings (SSSR count). The van der Waals surface area contributed by atoms with Gasteiger partial charge in [0.05, 0.1) is 0 Å². The van der Waals surface area contributed by atoms with Gasteiger partial charge in [-0.05, 0) is 29.9 Å². The molecule has 0 bridgehead atoms. The van der Waals surface area contributed by atoms with E-state index in [4.69, 9.17) is 5.73 Å². The predicted molar refractivity (Wildman–Crippen MR) is 62.2 cm³/mol. The first-order valence-corrected chi connectivity index (χ1v) is 5.21. The van der Waals surface area contributed by atoms with Crippen molar-refractivity contribution in [3.8, 4) is 0 Å². The van der Waals surface area contributed by atoms with E-state index in [1.165, 1.54) is 11.1 Å². The zero-order valence-electron chi connectivity index (χ0n) is 9.67. The second-order valence-corrected chi connectivity index (χ2v) is 5.23. The van der Waals surface area contributed by atoms with Gasteiger partial charge in [-0.15, -0.1) is 0 Å². The molecular formula is C13H21N. The van der Waals surface area contributed by atoms with Gasteiger partial charge in [0.25, 0.3) is 0 Å². The number of benzene rings is 1. The van der Waals surface area contributed by atoms with Crippen LogP contribution in [0.4, 0.5) is 0 Å². The molecule has 0 radical (unpaired) electrons. The second kappa shape index (κ2) is 4.14. The monoisotopic (exact) mass is 191 g/mol. The Morgan fingerprint density at radius 2 is 1.79 bits per heavy atom. The van der Waals surface area contributed by atoms with Crippen LogP contribution in [0.15, 0.2) is 24.3 Å². The summed E-state index contributed by atoms with van der Waals surface area (Å²) < 4.78 is 0. The number of aryl methyl sites for hydroxylation is 1. The van der Waals surface area contributed by atoms with Crippen LogP contribution in [0.3, 0.4) is 0 Å². The standard InChI is InChI=1S/C13H21N/c1-10-7-5-6-8-11(10)12(14)9-13(2,3)4/h5-8,12H,9,14H2,1-4H3. The molecule has 0 aromatic heterocycles. The molecule has 78 valence electrons. The van der Waals surface area contributed by atoms with E-state index < -0.39 is 0 Å². The third kappa shape index (κ3) is 3.15. The fraction of sp³-hybridized carbons (Fsp3) is 0.538. The first kappa shape index (κ1) is 11.3. The largest absolute Gasteiger partial charge is 0.324 e. The maximum absolute atomic E-state index is 6.18. The lowest BCUT2D eigenvalue weighted by Gasteiger charge is -2.24. The molecule has 1 nitrogen and oxygen atoms in total. The van der Waals surface area contributed by atoms with Crippen LogP contribution in [0, 0.1) is 12.3 Å². The van der Waals surface area contributed by atoms with E-state index in [0.29, 0.717) is 5.41 Å². The van der Waals surface area contributed by atoms with Crippen molar-refractivity contribution in [3.05, 3.63) is 35.4 Å². The van der Waals surface area contributed by atoms with Crippen LogP contribution in [0.2, 0.25) is 0 Å². The molecule has 0 saturated carbocycles. The van der Waals surface area contributed by atoms with Crippen LogP contribution in [-0.2, 0) is 0 Å². The minimum atomic E-state index is 0.163. The van der Waals surface area contributed by atoms with E-state index in [0.717, 1.165) is 6.42 Å². The lowest BCUT2D eigenvalue weighted by Crippen LogP contribution is -2.19. The predicted octanol–water partition coefficient (Wildman–Crippen LogP) is 3.43. The third-order valence-electron chi connectivity index (χ3n) is 2.42. The summed E-state index contributed by atoms with van der Waals surface area (Å²) in [7, 11) is 0. The molecule has 1 heteroatoms. The summed E-state index contributed by atoms with van der Waals surface area (Å²) in [5.41, 5.74) is 9.05. The van der Waals surface area contributed by atoms with E-state index in [1.807, 2.05) is 0 Å². The molecule has 14 heavy (non-hydrogen) atoms. The van der Waals surface area contributed by atoms with Crippen LogP contribution in [0.25, 0.3) is 0 Å². The minimum absolute atomic E-state index is 0.163. The first-order valence-electron chi connectivity index (χ1n) is 5.21. The van der Waals surface area contributed by atoms with Crippen LogP contribution in [0.5, 0.6) is 0 Å².